The van der Waals surface area contributed by atoms with Crippen molar-refractivity contribution in [1.29, 1.82) is 5.41 Å². The fourth-order valence-electron chi connectivity index (χ4n) is 5.01. The highest BCUT2D eigenvalue weighted by Crippen LogP contribution is 2.50. The first-order valence-corrected chi connectivity index (χ1v) is 10.3. The van der Waals surface area contributed by atoms with Gasteiger partial charge in [0.2, 0.25) is 0 Å². The summed E-state index contributed by atoms with van der Waals surface area (Å²) in [6, 6.07) is 7.82. The zero-order valence-corrected chi connectivity index (χ0v) is 16.6. The van der Waals surface area contributed by atoms with E-state index in [9.17, 15) is 0 Å². The first-order chi connectivity index (χ1) is 13.5. The van der Waals surface area contributed by atoms with Crippen molar-refractivity contribution in [3.63, 3.8) is 0 Å². The minimum absolute atomic E-state index is 0.311. The lowest BCUT2D eigenvalue weighted by molar-refractivity contribution is 0.154. The largest absolute Gasteiger partial charge is 0.382 e. The van der Waals surface area contributed by atoms with Crippen molar-refractivity contribution in [2.24, 2.45) is 17.1 Å². The van der Waals surface area contributed by atoms with Crippen molar-refractivity contribution < 1.29 is 0 Å². The van der Waals surface area contributed by atoms with Crippen LogP contribution in [0.2, 0.25) is 0 Å². The molecular formula is C22H30N6. The lowest BCUT2D eigenvalue weighted by Crippen LogP contribution is -2.44. The summed E-state index contributed by atoms with van der Waals surface area (Å²) in [6.45, 7) is 4.78. The van der Waals surface area contributed by atoms with E-state index in [2.05, 4.69) is 14.9 Å². The summed E-state index contributed by atoms with van der Waals surface area (Å²) in [6.07, 6.45) is 7.99. The summed E-state index contributed by atoms with van der Waals surface area (Å²) in [5.74, 6) is 1.81. The van der Waals surface area contributed by atoms with E-state index in [1.807, 2.05) is 31.2 Å². The number of benzene rings is 1. The molecule has 148 valence electrons. The molecule has 4 rings (SSSR count). The number of nitrogens with two attached hydrogens (primary N) is 2. The number of nitrogen functional groups attached to an aromatic ring is 1. The van der Waals surface area contributed by atoms with Gasteiger partial charge in [-0.15, -0.1) is 0 Å². The lowest BCUT2D eigenvalue weighted by Gasteiger charge is -2.43. The average Bonchev–Trinajstić information content (AvgIpc) is 3.10. The molecule has 6 nitrogen and oxygen atoms in total. The Bertz CT molecular complexity index is 852. The standard InChI is InChI=1S/C22H30N6/c1-15-4-6-16(7-5-15)19(24)20-21(25)27-18(14-26-20)28-11-9-22(10-12-28)8-2-3-17(22)13-23/h4-7,14,17,24H,2-3,8-13,23H2,1H3,(H2,25,27). The Labute approximate surface area is 166 Å². The number of hydrogen-bond donors (Lipinski definition) is 3. The van der Waals surface area contributed by atoms with Gasteiger partial charge in [0.15, 0.2) is 5.82 Å². The van der Waals surface area contributed by atoms with Crippen LogP contribution in [0.25, 0.3) is 0 Å². The SMILES string of the molecule is Cc1ccc(C(=N)c2ncc(N3CCC4(CCCC4CN)CC3)nc2N)cc1. The summed E-state index contributed by atoms with van der Waals surface area (Å²) in [5, 5.41) is 8.44. The summed E-state index contributed by atoms with van der Waals surface area (Å²) in [5.41, 5.74) is 15.4. The van der Waals surface area contributed by atoms with E-state index in [1.165, 1.54) is 19.3 Å². The molecule has 28 heavy (non-hydrogen) atoms. The molecule has 1 aromatic heterocycles. The first-order valence-electron chi connectivity index (χ1n) is 10.3. The predicted octanol–water partition coefficient (Wildman–Crippen LogP) is 3.13. The Morgan fingerprint density at radius 1 is 1.21 bits per heavy atom. The quantitative estimate of drug-likeness (QED) is 0.709. The van der Waals surface area contributed by atoms with E-state index in [4.69, 9.17) is 16.9 Å². The van der Waals surface area contributed by atoms with E-state index >= 15 is 0 Å². The van der Waals surface area contributed by atoms with Crippen molar-refractivity contribution in [1.82, 2.24) is 9.97 Å². The summed E-state index contributed by atoms with van der Waals surface area (Å²) in [7, 11) is 0. The van der Waals surface area contributed by atoms with Gasteiger partial charge < -0.3 is 16.4 Å². The van der Waals surface area contributed by atoms with Crippen LogP contribution in [0, 0.1) is 23.7 Å². The maximum absolute atomic E-state index is 8.44. The molecule has 2 fully saturated rings. The van der Waals surface area contributed by atoms with E-state index in [0.29, 0.717) is 28.6 Å². The third-order valence-electron chi connectivity index (χ3n) is 6.82. The van der Waals surface area contributed by atoms with Gasteiger partial charge in [-0.25, -0.2) is 9.97 Å². The van der Waals surface area contributed by atoms with Crippen LogP contribution in [-0.4, -0.2) is 35.3 Å². The number of aromatic nitrogens is 2. The lowest BCUT2D eigenvalue weighted by atomic mass is 9.70. The third kappa shape index (κ3) is 3.37. The molecule has 1 spiro atoms. The molecule has 2 aliphatic rings. The van der Waals surface area contributed by atoms with Crippen LogP contribution in [0.15, 0.2) is 30.5 Å². The molecule has 0 radical (unpaired) electrons. The molecule has 6 heteroatoms. The number of nitrogens with one attached hydrogen (secondary N) is 1. The second kappa shape index (κ2) is 7.51. The summed E-state index contributed by atoms with van der Waals surface area (Å²) in [4.78, 5) is 11.4. The van der Waals surface area contributed by atoms with Crippen LogP contribution in [0.5, 0.6) is 0 Å². The third-order valence-corrected chi connectivity index (χ3v) is 6.82. The van der Waals surface area contributed by atoms with Crippen molar-refractivity contribution in [3.05, 3.63) is 47.3 Å². The van der Waals surface area contributed by atoms with Gasteiger partial charge in [0, 0.05) is 18.7 Å². The Kier molecular flexibility index (Phi) is 5.06. The molecule has 2 heterocycles. The molecular weight excluding hydrogens is 348 g/mol. The highest BCUT2D eigenvalue weighted by molar-refractivity contribution is 6.12. The topological polar surface area (TPSA) is 105 Å². The molecule has 1 aliphatic carbocycles. The Hall–Kier alpha value is -2.47. The maximum atomic E-state index is 8.44. The van der Waals surface area contributed by atoms with Crippen molar-refractivity contribution >= 4 is 17.3 Å². The zero-order chi connectivity index (χ0) is 19.7. The minimum atomic E-state index is 0.311. The summed E-state index contributed by atoms with van der Waals surface area (Å²) >= 11 is 0. The van der Waals surface area contributed by atoms with Crippen LogP contribution in [0.4, 0.5) is 11.6 Å². The number of nitrogens with zero attached hydrogens (tertiary/aromatic N) is 3. The van der Waals surface area contributed by atoms with Gasteiger partial charge in [0.1, 0.15) is 11.5 Å². The number of anilines is 2. The van der Waals surface area contributed by atoms with Gasteiger partial charge in [-0.05, 0) is 50.5 Å². The molecule has 1 aliphatic heterocycles. The van der Waals surface area contributed by atoms with E-state index in [1.54, 1.807) is 6.20 Å². The number of aryl methyl sites for hydroxylation is 1. The first kappa shape index (κ1) is 18.9. The molecule has 5 N–H and O–H groups in total. The minimum Gasteiger partial charge on any atom is -0.382 e. The van der Waals surface area contributed by atoms with Gasteiger partial charge >= 0.3 is 0 Å². The van der Waals surface area contributed by atoms with Crippen LogP contribution in [0.1, 0.15) is 48.9 Å². The smallest absolute Gasteiger partial charge is 0.154 e. The van der Waals surface area contributed by atoms with Crippen LogP contribution in [-0.2, 0) is 0 Å². The van der Waals surface area contributed by atoms with Gasteiger partial charge in [-0.3, -0.25) is 5.41 Å². The second-order valence-corrected chi connectivity index (χ2v) is 8.38. The predicted molar refractivity (Wildman–Crippen MR) is 114 cm³/mol. The van der Waals surface area contributed by atoms with E-state index in [-0.39, 0.29) is 0 Å². The zero-order valence-electron chi connectivity index (χ0n) is 16.6. The molecule has 1 aromatic carbocycles. The number of rotatable bonds is 4. The molecule has 2 aromatic rings. The van der Waals surface area contributed by atoms with Crippen LogP contribution < -0.4 is 16.4 Å². The molecule has 0 amide bonds. The highest BCUT2D eigenvalue weighted by atomic mass is 15.2. The van der Waals surface area contributed by atoms with Gasteiger partial charge in [-0.2, -0.15) is 0 Å². The Balaban J connectivity index is 1.48. The molecule has 1 unspecified atom stereocenters. The van der Waals surface area contributed by atoms with Gasteiger partial charge in [-0.1, -0.05) is 36.2 Å². The van der Waals surface area contributed by atoms with Crippen molar-refractivity contribution in [2.45, 2.75) is 39.0 Å². The molecule has 1 atom stereocenters. The molecule has 1 saturated carbocycles. The number of piperidine rings is 1. The van der Waals surface area contributed by atoms with E-state index < -0.39 is 0 Å². The highest BCUT2D eigenvalue weighted by Gasteiger charge is 2.44. The fourth-order valence-corrected chi connectivity index (χ4v) is 5.01. The summed E-state index contributed by atoms with van der Waals surface area (Å²) < 4.78 is 0. The van der Waals surface area contributed by atoms with Gasteiger partial charge in [0.25, 0.3) is 0 Å². The monoisotopic (exact) mass is 378 g/mol. The Morgan fingerprint density at radius 3 is 2.57 bits per heavy atom. The van der Waals surface area contributed by atoms with Crippen LogP contribution in [0.3, 0.4) is 0 Å². The number of hydrogen-bond acceptors (Lipinski definition) is 6. The fraction of sp³-hybridized carbons (Fsp3) is 0.500. The average molecular weight is 379 g/mol. The Morgan fingerprint density at radius 2 is 1.93 bits per heavy atom. The van der Waals surface area contributed by atoms with Crippen molar-refractivity contribution in [2.75, 3.05) is 30.3 Å². The van der Waals surface area contributed by atoms with Gasteiger partial charge in [0.05, 0.1) is 11.9 Å². The second-order valence-electron chi connectivity index (χ2n) is 8.38. The van der Waals surface area contributed by atoms with Crippen molar-refractivity contribution in [3.8, 4) is 0 Å². The molecule has 0 bridgehead atoms. The van der Waals surface area contributed by atoms with Crippen LogP contribution >= 0.6 is 0 Å². The maximum Gasteiger partial charge on any atom is 0.154 e. The normalized spacial score (nSPS) is 21.2. The van der Waals surface area contributed by atoms with E-state index in [0.717, 1.165) is 49.4 Å². The molecule has 1 saturated heterocycles.